The van der Waals surface area contributed by atoms with Crippen LogP contribution in [0.5, 0.6) is 5.75 Å². The van der Waals surface area contributed by atoms with E-state index in [1.807, 2.05) is 13.0 Å². The van der Waals surface area contributed by atoms with E-state index in [9.17, 15) is 14.3 Å². The molecule has 4 rings (SSSR count). The molecule has 0 saturated heterocycles. The predicted octanol–water partition coefficient (Wildman–Crippen LogP) is 3.70. The van der Waals surface area contributed by atoms with Gasteiger partial charge >= 0.3 is 0 Å². The molecular weight excluding hydrogens is 345 g/mol. The summed E-state index contributed by atoms with van der Waals surface area (Å²) in [4.78, 5) is 16.6. The number of halogens is 1. The van der Waals surface area contributed by atoms with Gasteiger partial charge in [-0.2, -0.15) is 0 Å². The SMILES string of the molecule is Cc1ccc(O)c(C)c1-c1cc(-c2ccc(F)cn2)c2c(c1N)C(=O)NC2. The fourth-order valence-electron chi connectivity index (χ4n) is 3.66. The number of rotatable bonds is 2. The molecule has 1 amide bonds. The number of pyridine rings is 1. The number of aromatic nitrogens is 1. The van der Waals surface area contributed by atoms with Crippen molar-refractivity contribution in [1.82, 2.24) is 10.3 Å². The normalized spacial score (nSPS) is 12.8. The van der Waals surface area contributed by atoms with Gasteiger partial charge in [0.25, 0.3) is 5.91 Å². The van der Waals surface area contributed by atoms with E-state index in [1.54, 1.807) is 25.1 Å². The number of nitrogens with one attached hydrogen (secondary N) is 1. The summed E-state index contributed by atoms with van der Waals surface area (Å²) < 4.78 is 13.3. The van der Waals surface area contributed by atoms with Crippen molar-refractivity contribution in [2.24, 2.45) is 0 Å². The third-order valence-electron chi connectivity index (χ3n) is 5.05. The van der Waals surface area contributed by atoms with Crippen molar-refractivity contribution in [3.05, 3.63) is 64.6 Å². The Kier molecular flexibility index (Phi) is 3.84. The highest BCUT2D eigenvalue weighted by atomic mass is 19.1. The Labute approximate surface area is 155 Å². The average Bonchev–Trinajstić information content (AvgIpc) is 3.03. The van der Waals surface area contributed by atoms with Crippen molar-refractivity contribution in [3.63, 3.8) is 0 Å². The van der Waals surface area contributed by atoms with Gasteiger partial charge in [0.05, 0.1) is 23.1 Å². The van der Waals surface area contributed by atoms with Crippen LogP contribution in [0.1, 0.15) is 27.0 Å². The highest BCUT2D eigenvalue weighted by Gasteiger charge is 2.29. The van der Waals surface area contributed by atoms with Crippen molar-refractivity contribution in [1.29, 1.82) is 0 Å². The average molecular weight is 363 g/mol. The molecule has 4 N–H and O–H groups in total. The van der Waals surface area contributed by atoms with Gasteiger partial charge in [-0.25, -0.2) is 4.39 Å². The lowest BCUT2D eigenvalue weighted by Gasteiger charge is -2.18. The molecule has 0 fully saturated rings. The number of fused-ring (bicyclic) bond motifs is 1. The van der Waals surface area contributed by atoms with E-state index in [-0.39, 0.29) is 11.7 Å². The van der Waals surface area contributed by atoms with Gasteiger partial charge in [-0.05, 0) is 60.4 Å². The Morgan fingerprint density at radius 3 is 2.63 bits per heavy atom. The monoisotopic (exact) mass is 363 g/mol. The molecule has 3 aromatic rings. The molecule has 27 heavy (non-hydrogen) atoms. The van der Waals surface area contributed by atoms with Crippen molar-refractivity contribution < 1.29 is 14.3 Å². The molecule has 0 saturated carbocycles. The molecule has 0 spiro atoms. The number of hydrogen-bond donors (Lipinski definition) is 3. The number of nitrogens with two attached hydrogens (primary N) is 1. The van der Waals surface area contributed by atoms with Crippen LogP contribution < -0.4 is 11.1 Å². The van der Waals surface area contributed by atoms with Crippen LogP contribution in [0.15, 0.2) is 36.5 Å². The maximum Gasteiger partial charge on any atom is 0.254 e. The van der Waals surface area contributed by atoms with Crippen LogP contribution >= 0.6 is 0 Å². The second-order valence-electron chi connectivity index (χ2n) is 6.68. The molecular formula is C21H18FN3O2. The molecule has 1 aromatic heterocycles. The number of amides is 1. The molecule has 0 atom stereocenters. The van der Waals surface area contributed by atoms with Crippen molar-refractivity contribution in [2.45, 2.75) is 20.4 Å². The maximum absolute atomic E-state index is 13.3. The van der Waals surface area contributed by atoms with Crippen molar-refractivity contribution in [2.75, 3.05) is 5.73 Å². The van der Waals surface area contributed by atoms with Gasteiger partial charge in [-0.15, -0.1) is 0 Å². The minimum absolute atomic E-state index is 0.154. The zero-order valence-electron chi connectivity index (χ0n) is 14.9. The van der Waals surface area contributed by atoms with E-state index in [0.29, 0.717) is 34.6 Å². The summed E-state index contributed by atoms with van der Waals surface area (Å²) in [6, 6.07) is 8.21. The highest BCUT2D eigenvalue weighted by molar-refractivity contribution is 6.08. The first kappa shape index (κ1) is 17.0. The predicted molar refractivity (Wildman–Crippen MR) is 102 cm³/mol. The number of hydrogen-bond acceptors (Lipinski definition) is 4. The smallest absolute Gasteiger partial charge is 0.254 e. The van der Waals surface area contributed by atoms with Gasteiger partial charge in [-0.3, -0.25) is 9.78 Å². The Balaban J connectivity index is 2.07. The molecule has 1 aliphatic rings. The minimum Gasteiger partial charge on any atom is -0.508 e. The molecule has 0 bridgehead atoms. The molecule has 0 unspecified atom stereocenters. The van der Waals surface area contributed by atoms with Gasteiger partial charge in [0.2, 0.25) is 0 Å². The van der Waals surface area contributed by atoms with Crippen LogP contribution in [0.3, 0.4) is 0 Å². The standard InChI is InChI=1S/C21H18FN3O2/c1-10-3-6-17(26)11(2)18(10)14-7-13(16-5-4-12(22)8-24-16)15-9-25-21(27)19(15)20(14)23/h3-8,26H,9,23H2,1-2H3,(H,25,27). The zero-order chi connectivity index (χ0) is 19.3. The quantitative estimate of drug-likeness (QED) is 0.606. The van der Waals surface area contributed by atoms with Crippen LogP contribution in [0.2, 0.25) is 0 Å². The number of phenolic OH excluding ortho intramolecular Hbond substituents is 1. The van der Waals surface area contributed by atoms with E-state index < -0.39 is 5.82 Å². The van der Waals surface area contributed by atoms with Crippen LogP contribution in [-0.4, -0.2) is 16.0 Å². The number of nitrogens with zero attached hydrogens (tertiary/aromatic N) is 1. The number of carbonyl (C=O) groups is 1. The molecule has 136 valence electrons. The number of aromatic hydroxyl groups is 1. The fraction of sp³-hybridized carbons (Fsp3) is 0.143. The first-order valence-corrected chi connectivity index (χ1v) is 8.53. The molecule has 6 heteroatoms. The van der Waals surface area contributed by atoms with Crippen LogP contribution in [0.4, 0.5) is 10.1 Å². The number of phenols is 1. The lowest BCUT2D eigenvalue weighted by atomic mass is 9.88. The number of anilines is 1. The molecule has 5 nitrogen and oxygen atoms in total. The number of benzene rings is 2. The summed E-state index contributed by atoms with van der Waals surface area (Å²) in [5.74, 6) is -0.524. The van der Waals surface area contributed by atoms with Gasteiger partial charge in [0.1, 0.15) is 11.6 Å². The summed E-state index contributed by atoms with van der Waals surface area (Å²) >= 11 is 0. The van der Waals surface area contributed by atoms with Crippen LogP contribution in [0.25, 0.3) is 22.4 Å². The Bertz CT molecular complexity index is 1090. The lowest BCUT2D eigenvalue weighted by molar-refractivity contribution is 0.0966. The maximum atomic E-state index is 13.3. The van der Waals surface area contributed by atoms with E-state index >= 15 is 0 Å². The molecule has 2 heterocycles. The lowest BCUT2D eigenvalue weighted by Crippen LogP contribution is -2.14. The summed E-state index contributed by atoms with van der Waals surface area (Å²) in [5.41, 5.74) is 12.2. The van der Waals surface area contributed by atoms with Gasteiger partial charge < -0.3 is 16.2 Å². The Morgan fingerprint density at radius 1 is 1.15 bits per heavy atom. The zero-order valence-corrected chi connectivity index (χ0v) is 14.9. The Hall–Kier alpha value is -3.41. The van der Waals surface area contributed by atoms with E-state index in [0.717, 1.165) is 28.5 Å². The second-order valence-corrected chi connectivity index (χ2v) is 6.68. The van der Waals surface area contributed by atoms with E-state index in [2.05, 4.69) is 10.3 Å². The van der Waals surface area contributed by atoms with Gasteiger partial charge in [-0.1, -0.05) is 6.07 Å². The third-order valence-corrected chi connectivity index (χ3v) is 5.05. The molecule has 0 aliphatic carbocycles. The highest BCUT2D eigenvalue weighted by Crippen LogP contribution is 2.42. The fourth-order valence-corrected chi connectivity index (χ4v) is 3.66. The second kappa shape index (κ2) is 6.09. The number of carbonyl (C=O) groups excluding carboxylic acids is 1. The Morgan fingerprint density at radius 2 is 1.93 bits per heavy atom. The largest absolute Gasteiger partial charge is 0.508 e. The summed E-state index contributed by atoms with van der Waals surface area (Å²) in [7, 11) is 0. The number of aryl methyl sites for hydroxylation is 1. The van der Waals surface area contributed by atoms with Crippen LogP contribution in [0, 0.1) is 19.7 Å². The summed E-state index contributed by atoms with van der Waals surface area (Å²) in [5, 5.41) is 13.0. The summed E-state index contributed by atoms with van der Waals surface area (Å²) in [6.07, 6.45) is 1.15. The number of nitrogen functional groups attached to an aromatic ring is 1. The molecule has 2 aromatic carbocycles. The van der Waals surface area contributed by atoms with Crippen molar-refractivity contribution >= 4 is 11.6 Å². The minimum atomic E-state index is -0.431. The first-order chi connectivity index (χ1) is 12.9. The first-order valence-electron chi connectivity index (χ1n) is 8.53. The van der Waals surface area contributed by atoms with Gasteiger partial charge in [0, 0.05) is 17.7 Å². The molecule has 0 radical (unpaired) electrons. The topological polar surface area (TPSA) is 88.2 Å². The summed E-state index contributed by atoms with van der Waals surface area (Å²) in [6.45, 7) is 4.07. The van der Waals surface area contributed by atoms with Crippen molar-refractivity contribution in [3.8, 4) is 28.1 Å². The molecule has 1 aliphatic heterocycles. The van der Waals surface area contributed by atoms with Crippen LogP contribution in [-0.2, 0) is 6.54 Å². The van der Waals surface area contributed by atoms with Gasteiger partial charge in [0.15, 0.2) is 0 Å². The third kappa shape index (κ3) is 2.61. The van der Waals surface area contributed by atoms with E-state index in [1.165, 1.54) is 6.07 Å². The van der Waals surface area contributed by atoms with E-state index in [4.69, 9.17) is 5.73 Å².